The Balaban J connectivity index is 1.31. The van der Waals surface area contributed by atoms with E-state index in [1.165, 1.54) is 12.1 Å². The van der Waals surface area contributed by atoms with E-state index in [0.29, 0.717) is 17.8 Å². The average Bonchev–Trinajstić information content (AvgIpc) is 3.35. The molecule has 26 heavy (non-hydrogen) atoms. The van der Waals surface area contributed by atoms with Crippen LogP contribution < -0.4 is 5.32 Å². The van der Waals surface area contributed by atoms with Gasteiger partial charge in [-0.05, 0) is 30.2 Å². The molecule has 0 radical (unpaired) electrons. The molecular formula is C21H19FN2O2. The number of benzene rings is 2. The zero-order chi connectivity index (χ0) is 18.3. The minimum Gasteiger partial charge on any atom is -0.353 e. The standard InChI is InChI=1S/C21H19FN2O2/c1-13-16-7-2-3-8-17(16)21(26)24(13)10-9-20(25)23-19-12-18(19)14-5-4-6-15(22)11-14/h2-8,11,18-19H,1,9-10,12H2,(H,23,25)/t18-,19-/m1/s1. The van der Waals surface area contributed by atoms with Gasteiger partial charge in [-0.2, -0.15) is 0 Å². The Morgan fingerprint density at radius 1 is 1.19 bits per heavy atom. The third-order valence-corrected chi connectivity index (χ3v) is 5.02. The van der Waals surface area contributed by atoms with Gasteiger partial charge < -0.3 is 10.2 Å². The maximum absolute atomic E-state index is 13.3. The van der Waals surface area contributed by atoms with Crippen molar-refractivity contribution in [1.82, 2.24) is 10.2 Å². The smallest absolute Gasteiger partial charge is 0.258 e. The number of carbonyl (C=O) groups is 2. The molecule has 4 nitrogen and oxygen atoms in total. The molecule has 1 fully saturated rings. The molecule has 0 saturated heterocycles. The molecule has 0 bridgehead atoms. The monoisotopic (exact) mass is 350 g/mol. The second-order valence-corrected chi connectivity index (χ2v) is 6.77. The van der Waals surface area contributed by atoms with Crippen molar-refractivity contribution in [3.63, 3.8) is 0 Å². The molecule has 132 valence electrons. The zero-order valence-corrected chi connectivity index (χ0v) is 14.2. The molecule has 0 spiro atoms. The van der Waals surface area contributed by atoms with E-state index in [1.807, 2.05) is 24.3 Å². The summed E-state index contributed by atoms with van der Waals surface area (Å²) in [7, 11) is 0. The Kier molecular flexibility index (Phi) is 4.07. The second kappa shape index (κ2) is 6.41. The van der Waals surface area contributed by atoms with Crippen molar-refractivity contribution in [2.24, 2.45) is 0 Å². The highest BCUT2D eigenvalue weighted by Crippen LogP contribution is 2.41. The molecular weight excluding hydrogens is 331 g/mol. The summed E-state index contributed by atoms with van der Waals surface area (Å²) in [6, 6.07) is 13.9. The first-order valence-corrected chi connectivity index (χ1v) is 8.69. The van der Waals surface area contributed by atoms with E-state index in [9.17, 15) is 14.0 Å². The highest BCUT2D eigenvalue weighted by molar-refractivity contribution is 6.08. The van der Waals surface area contributed by atoms with Gasteiger partial charge in [-0.3, -0.25) is 9.59 Å². The Morgan fingerprint density at radius 2 is 1.96 bits per heavy atom. The van der Waals surface area contributed by atoms with E-state index < -0.39 is 0 Å². The lowest BCUT2D eigenvalue weighted by atomic mass is 10.1. The van der Waals surface area contributed by atoms with Crippen LogP contribution in [0.1, 0.15) is 40.2 Å². The number of hydrogen-bond donors (Lipinski definition) is 1. The van der Waals surface area contributed by atoms with E-state index >= 15 is 0 Å². The summed E-state index contributed by atoms with van der Waals surface area (Å²) in [4.78, 5) is 26.2. The van der Waals surface area contributed by atoms with Crippen molar-refractivity contribution in [3.8, 4) is 0 Å². The Hall–Kier alpha value is -2.95. The molecule has 1 aliphatic heterocycles. The lowest BCUT2D eigenvalue weighted by Gasteiger charge is -2.17. The maximum atomic E-state index is 13.3. The van der Waals surface area contributed by atoms with Gasteiger partial charge in [0, 0.05) is 41.7 Å². The van der Waals surface area contributed by atoms with E-state index in [2.05, 4.69) is 11.9 Å². The van der Waals surface area contributed by atoms with Crippen LogP contribution in [-0.2, 0) is 4.79 Å². The van der Waals surface area contributed by atoms with Gasteiger partial charge in [-0.25, -0.2) is 4.39 Å². The van der Waals surface area contributed by atoms with Crippen molar-refractivity contribution in [2.45, 2.75) is 24.8 Å². The predicted molar refractivity (Wildman–Crippen MR) is 96.8 cm³/mol. The lowest BCUT2D eigenvalue weighted by Crippen LogP contribution is -2.32. The first-order chi connectivity index (χ1) is 12.5. The highest BCUT2D eigenvalue weighted by atomic mass is 19.1. The lowest BCUT2D eigenvalue weighted by molar-refractivity contribution is -0.121. The van der Waals surface area contributed by atoms with Crippen molar-refractivity contribution < 1.29 is 14.0 Å². The third-order valence-electron chi connectivity index (χ3n) is 5.02. The highest BCUT2D eigenvalue weighted by Gasteiger charge is 2.39. The largest absolute Gasteiger partial charge is 0.353 e. The molecule has 4 rings (SSSR count). The molecule has 2 atom stereocenters. The number of fused-ring (bicyclic) bond motifs is 1. The minimum absolute atomic E-state index is 0.0407. The Morgan fingerprint density at radius 3 is 2.69 bits per heavy atom. The number of hydrogen-bond acceptors (Lipinski definition) is 2. The average molecular weight is 350 g/mol. The molecule has 0 unspecified atom stereocenters. The summed E-state index contributed by atoms with van der Waals surface area (Å²) in [5.74, 6) is -0.305. The number of carbonyl (C=O) groups excluding carboxylic acids is 2. The van der Waals surface area contributed by atoms with Crippen LogP contribution >= 0.6 is 0 Å². The Labute approximate surface area is 151 Å². The topological polar surface area (TPSA) is 49.4 Å². The molecule has 1 N–H and O–H groups in total. The van der Waals surface area contributed by atoms with Gasteiger partial charge in [-0.15, -0.1) is 0 Å². The molecule has 1 heterocycles. The van der Waals surface area contributed by atoms with Crippen LogP contribution in [0.3, 0.4) is 0 Å². The van der Waals surface area contributed by atoms with E-state index in [1.54, 1.807) is 17.0 Å². The van der Waals surface area contributed by atoms with E-state index in [-0.39, 0.29) is 36.0 Å². The predicted octanol–water partition coefficient (Wildman–Crippen LogP) is 3.31. The quantitative estimate of drug-likeness (QED) is 0.899. The van der Waals surface area contributed by atoms with Gasteiger partial charge in [0.25, 0.3) is 5.91 Å². The molecule has 2 aromatic carbocycles. The van der Waals surface area contributed by atoms with Crippen LogP contribution in [0.5, 0.6) is 0 Å². The summed E-state index contributed by atoms with van der Waals surface area (Å²) >= 11 is 0. The van der Waals surface area contributed by atoms with Crippen LogP contribution in [0.2, 0.25) is 0 Å². The molecule has 0 aromatic heterocycles. The van der Waals surface area contributed by atoms with Gasteiger partial charge in [0.05, 0.1) is 0 Å². The molecule has 2 amide bonds. The number of amides is 2. The summed E-state index contributed by atoms with van der Waals surface area (Å²) < 4.78 is 13.3. The second-order valence-electron chi connectivity index (χ2n) is 6.77. The minimum atomic E-state index is -0.259. The van der Waals surface area contributed by atoms with Crippen LogP contribution in [-0.4, -0.2) is 29.3 Å². The summed E-state index contributed by atoms with van der Waals surface area (Å²) in [6.07, 6.45) is 1.03. The van der Waals surface area contributed by atoms with Gasteiger partial charge in [-0.1, -0.05) is 36.9 Å². The zero-order valence-electron chi connectivity index (χ0n) is 14.2. The maximum Gasteiger partial charge on any atom is 0.258 e. The van der Waals surface area contributed by atoms with Crippen molar-refractivity contribution >= 4 is 17.5 Å². The first-order valence-electron chi connectivity index (χ1n) is 8.69. The first kappa shape index (κ1) is 16.5. The molecule has 2 aliphatic rings. The van der Waals surface area contributed by atoms with Gasteiger partial charge in [0.1, 0.15) is 5.82 Å². The fourth-order valence-electron chi connectivity index (χ4n) is 3.52. The van der Waals surface area contributed by atoms with Crippen LogP contribution in [0.15, 0.2) is 55.1 Å². The van der Waals surface area contributed by atoms with E-state index in [4.69, 9.17) is 0 Å². The normalized spacial score (nSPS) is 20.9. The molecule has 1 aliphatic carbocycles. The number of nitrogens with zero attached hydrogens (tertiary/aromatic N) is 1. The van der Waals surface area contributed by atoms with Crippen LogP contribution in [0, 0.1) is 5.82 Å². The summed E-state index contributed by atoms with van der Waals surface area (Å²) in [5.41, 5.74) is 3.01. The van der Waals surface area contributed by atoms with Crippen molar-refractivity contribution in [1.29, 1.82) is 0 Å². The summed E-state index contributed by atoms with van der Waals surface area (Å²) in [6.45, 7) is 4.28. The van der Waals surface area contributed by atoms with Gasteiger partial charge >= 0.3 is 0 Å². The van der Waals surface area contributed by atoms with Crippen LogP contribution in [0.25, 0.3) is 5.70 Å². The number of rotatable bonds is 5. The fourth-order valence-corrected chi connectivity index (χ4v) is 3.52. The van der Waals surface area contributed by atoms with Gasteiger partial charge in [0.15, 0.2) is 0 Å². The Bertz CT molecular complexity index is 873. The fraction of sp³-hybridized carbons (Fsp3) is 0.238. The molecule has 5 heteroatoms. The summed E-state index contributed by atoms with van der Waals surface area (Å²) in [5, 5.41) is 2.97. The van der Waals surface area contributed by atoms with Crippen LogP contribution in [0.4, 0.5) is 4.39 Å². The van der Waals surface area contributed by atoms with Gasteiger partial charge in [0.2, 0.25) is 5.91 Å². The van der Waals surface area contributed by atoms with Crippen molar-refractivity contribution in [2.75, 3.05) is 6.54 Å². The van der Waals surface area contributed by atoms with Crippen molar-refractivity contribution in [3.05, 3.63) is 77.6 Å². The molecule has 2 aromatic rings. The molecule has 1 saturated carbocycles. The number of halogens is 1. The van der Waals surface area contributed by atoms with E-state index in [0.717, 1.165) is 17.5 Å². The number of nitrogens with one attached hydrogen (secondary N) is 1. The SMILES string of the molecule is C=C1c2ccccc2C(=O)N1CCC(=O)N[C@@H]1C[C@@H]1c1cccc(F)c1. The third kappa shape index (κ3) is 3.01.